The first-order chi connectivity index (χ1) is 9.01. The van der Waals surface area contributed by atoms with E-state index in [1.807, 2.05) is 6.92 Å². The van der Waals surface area contributed by atoms with E-state index in [9.17, 15) is 9.59 Å². The largest absolute Gasteiger partial charge is 0.467 e. The van der Waals surface area contributed by atoms with Crippen LogP contribution in [0.5, 0.6) is 0 Å². The molecule has 106 valence electrons. The molecule has 0 fully saturated rings. The van der Waals surface area contributed by atoms with Crippen LogP contribution in [0.25, 0.3) is 0 Å². The Balaban J connectivity index is 2.90. The molecule has 0 aliphatic carbocycles. The molecule has 1 aromatic rings. The number of carbonyl (C=O) groups excluding carboxylic acids is 1. The van der Waals surface area contributed by atoms with Gasteiger partial charge in [0.1, 0.15) is 11.1 Å². The van der Waals surface area contributed by atoms with Gasteiger partial charge < -0.3 is 10.1 Å². The number of esters is 1. The van der Waals surface area contributed by atoms with Gasteiger partial charge in [0.2, 0.25) is 0 Å². The highest BCUT2D eigenvalue weighted by Crippen LogP contribution is 2.16. The highest BCUT2D eigenvalue weighted by Gasteiger charge is 2.16. The Morgan fingerprint density at radius 2 is 2.32 bits per heavy atom. The van der Waals surface area contributed by atoms with E-state index in [0.717, 1.165) is 12.8 Å². The van der Waals surface area contributed by atoms with Gasteiger partial charge in [0.15, 0.2) is 0 Å². The molecule has 0 bridgehead atoms. The summed E-state index contributed by atoms with van der Waals surface area (Å²) in [6.45, 7) is 4.17. The third kappa shape index (κ3) is 3.96. The van der Waals surface area contributed by atoms with Crippen molar-refractivity contribution in [3.8, 4) is 0 Å². The molecular formula is C12H18ClN3O3. The van der Waals surface area contributed by atoms with Crippen molar-refractivity contribution in [2.75, 3.05) is 12.4 Å². The molecule has 1 atom stereocenters. The molecule has 1 heterocycles. The number of aromatic nitrogens is 2. The zero-order chi connectivity index (χ0) is 14.4. The summed E-state index contributed by atoms with van der Waals surface area (Å²) < 4.78 is 5.90. The average Bonchev–Trinajstić information content (AvgIpc) is 2.42. The predicted molar refractivity (Wildman–Crippen MR) is 73.5 cm³/mol. The first-order valence-electron chi connectivity index (χ1n) is 6.11. The summed E-state index contributed by atoms with van der Waals surface area (Å²) in [6, 6.07) is -0.602. The molecule has 0 saturated carbocycles. The number of carbonyl (C=O) groups is 1. The SMILES string of the molecule is CCCCn1ncc(NC(C)C(=O)OC)c(Cl)c1=O. The lowest BCUT2D eigenvalue weighted by Gasteiger charge is -2.14. The van der Waals surface area contributed by atoms with Crippen LogP contribution in [-0.4, -0.2) is 28.9 Å². The number of anilines is 1. The van der Waals surface area contributed by atoms with Gasteiger partial charge in [0.25, 0.3) is 5.56 Å². The van der Waals surface area contributed by atoms with E-state index in [4.69, 9.17) is 11.6 Å². The van der Waals surface area contributed by atoms with Crippen molar-refractivity contribution < 1.29 is 9.53 Å². The summed E-state index contributed by atoms with van der Waals surface area (Å²) in [4.78, 5) is 23.2. The fraction of sp³-hybridized carbons (Fsp3) is 0.583. The fourth-order valence-electron chi connectivity index (χ4n) is 1.50. The molecule has 0 aromatic carbocycles. The summed E-state index contributed by atoms with van der Waals surface area (Å²) in [6.07, 6.45) is 3.26. The minimum Gasteiger partial charge on any atom is -0.467 e. The number of rotatable bonds is 6. The summed E-state index contributed by atoms with van der Waals surface area (Å²) in [5, 5.41) is 6.85. The topological polar surface area (TPSA) is 73.2 Å². The molecular weight excluding hydrogens is 270 g/mol. The smallest absolute Gasteiger partial charge is 0.327 e. The van der Waals surface area contributed by atoms with Crippen LogP contribution >= 0.6 is 11.6 Å². The van der Waals surface area contributed by atoms with E-state index in [-0.39, 0.29) is 10.6 Å². The number of ether oxygens (including phenoxy) is 1. The van der Waals surface area contributed by atoms with Crippen LogP contribution in [0.4, 0.5) is 5.69 Å². The van der Waals surface area contributed by atoms with Gasteiger partial charge in [-0.15, -0.1) is 0 Å². The highest BCUT2D eigenvalue weighted by molar-refractivity contribution is 6.33. The van der Waals surface area contributed by atoms with Crippen LogP contribution in [0.15, 0.2) is 11.0 Å². The van der Waals surface area contributed by atoms with Crippen molar-refractivity contribution in [3.63, 3.8) is 0 Å². The van der Waals surface area contributed by atoms with Crippen LogP contribution in [0, 0.1) is 0 Å². The number of aryl methyl sites for hydroxylation is 1. The number of nitrogens with zero attached hydrogens (tertiary/aromatic N) is 2. The Bertz CT molecular complexity index is 501. The summed E-state index contributed by atoms with van der Waals surface area (Å²) in [5.41, 5.74) is -0.0329. The zero-order valence-corrected chi connectivity index (χ0v) is 12.0. The first kappa shape index (κ1) is 15.5. The van der Waals surface area contributed by atoms with Gasteiger partial charge in [0.05, 0.1) is 19.0 Å². The van der Waals surface area contributed by atoms with Gasteiger partial charge >= 0.3 is 5.97 Å². The maximum Gasteiger partial charge on any atom is 0.327 e. The van der Waals surface area contributed by atoms with Crippen LogP contribution in [-0.2, 0) is 16.1 Å². The van der Waals surface area contributed by atoms with Crippen molar-refractivity contribution in [2.24, 2.45) is 0 Å². The predicted octanol–water partition coefficient (Wildman–Crippen LogP) is 1.67. The zero-order valence-electron chi connectivity index (χ0n) is 11.3. The molecule has 0 spiro atoms. The van der Waals surface area contributed by atoms with E-state index in [2.05, 4.69) is 15.2 Å². The summed E-state index contributed by atoms with van der Waals surface area (Å²) in [5.74, 6) is -0.439. The molecule has 6 nitrogen and oxygen atoms in total. The molecule has 1 rings (SSSR count). The molecule has 0 radical (unpaired) electrons. The Labute approximate surface area is 116 Å². The molecule has 19 heavy (non-hydrogen) atoms. The Morgan fingerprint density at radius 1 is 1.63 bits per heavy atom. The second-order valence-corrected chi connectivity index (χ2v) is 4.52. The molecule has 0 amide bonds. The lowest BCUT2D eigenvalue weighted by atomic mass is 10.3. The molecule has 0 aliphatic rings. The van der Waals surface area contributed by atoms with Crippen molar-refractivity contribution in [3.05, 3.63) is 21.6 Å². The number of hydrogen-bond donors (Lipinski definition) is 1. The molecule has 0 saturated heterocycles. The number of hydrogen-bond acceptors (Lipinski definition) is 5. The third-order valence-corrected chi connectivity index (χ3v) is 3.00. The minimum absolute atomic E-state index is 0.0295. The van der Waals surface area contributed by atoms with E-state index < -0.39 is 12.0 Å². The second-order valence-electron chi connectivity index (χ2n) is 4.14. The van der Waals surface area contributed by atoms with Crippen LogP contribution in [0.1, 0.15) is 26.7 Å². The highest BCUT2D eigenvalue weighted by atomic mass is 35.5. The van der Waals surface area contributed by atoms with Crippen molar-refractivity contribution in [1.82, 2.24) is 9.78 Å². The second kappa shape index (κ2) is 7.13. The summed E-state index contributed by atoms with van der Waals surface area (Å²) in [7, 11) is 1.29. The third-order valence-electron chi connectivity index (χ3n) is 2.64. The van der Waals surface area contributed by atoms with Gasteiger partial charge in [-0.25, -0.2) is 9.48 Å². The molecule has 7 heteroatoms. The van der Waals surface area contributed by atoms with Gasteiger partial charge in [-0.1, -0.05) is 24.9 Å². The summed E-state index contributed by atoms with van der Waals surface area (Å²) >= 11 is 5.98. The lowest BCUT2D eigenvalue weighted by Crippen LogP contribution is -2.30. The number of methoxy groups -OCH3 is 1. The lowest BCUT2D eigenvalue weighted by molar-refractivity contribution is -0.141. The van der Waals surface area contributed by atoms with Gasteiger partial charge in [0, 0.05) is 6.54 Å². The van der Waals surface area contributed by atoms with E-state index in [1.165, 1.54) is 18.0 Å². The standard InChI is InChI=1S/C12H18ClN3O3/c1-4-5-6-16-11(17)10(13)9(7-14-16)15-8(2)12(18)19-3/h7-8,15H,4-6H2,1-3H3. The monoisotopic (exact) mass is 287 g/mol. The van der Waals surface area contributed by atoms with E-state index >= 15 is 0 Å². The molecule has 1 unspecified atom stereocenters. The maximum atomic E-state index is 11.9. The fourth-order valence-corrected chi connectivity index (χ4v) is 1.70. The molecule has 0 aliphatic heterocycles. The van der Waals surface area contributed by atoms with Crippen molar-refractivity contribution >= 4 is 23.3 Å². The van der Waals surface area contributed by atoms with Crippen LogP contribution < -0.4 is 10.9 Å². The quantitative estimate of drug-likeness (QED) is 0.806. The average molecular weight is 288 g/mol. The maximum absolute atomic E-state index is 11.9. The van der Waals surface area contributed by atoms with Crippen molar-refractivity contribution in [2.45, 2.75) is 39.3 Å². The molecule has 1 aromatic heterocycles. The van der Waals surface area contributed by atoms with Crippen LogP contribution in [0.3, 0.4) is 0 Å². The van der Waals surface area contributed by atoms with Gasteiger partial charge in [-0.2, -0.15) is 5.10 Å². The number of nitrogens with one attached hydrogen (secondary N) is 1. The minimum atomic E-state index is -0.602. The first-order valence-corrected chi connectivity index (χ1v) is 6.49. The van der Waals surface area contributed by atoms with E-state index in [1.54, 1.807) is 6.92 Å². The van der Waals surface area contributed by atoms with Crippen LogP contribution in [0.2, 0.25) is 5.02 Å². The van der Waals surface area contributed by atoms with Crippen molar-refractivity contribution in [1.29, 1.82) is 0 Å². The van der Waals surface area contributed by atoms with Gasteiger partial charge in [-0.3, -0.25) is 4.79 Å². The van der Waals surface area contributed by atoms with Gasteiger partial charge in [-0.05, 0) is 13.3 Å². The number of halogens is 1. The Kier molecular flexibility index (Phi) is 5.82. The van der Waals surface area contributed by atoms with E-state index in [0.29, 0.717) is 12.2 Å². The molecule has 1 N–H and O–H groups in total. The normalized spacial score (nSPS) is 12.0. The number of unbranched alkanes of at least 4 members (excludes halogenated alkanes) is 1. The Morgan fingerprint density at radius 3 is 2.89 bits per heavy atom. The Hall–Kier alpha value is -1.56.